The Morgan fingerprint density at radius 2 is 1.79 bits per heavy atom. The highest BCUT2D eigenvalue weighted by atomic mass is 79.9. The van der Waals surface area contributed by atoms with Gasteiger partial charge in [-0.15, -0.1) is 0 Å². The number of hydrogen-bond donors (Lipinski definition) is 2. The largest absolute Gasteiger partial charge is 0.497 e. The molecule has 1 heterocycles. The fraction of sp³-hybridized carbons (Fsp3) is 0.250. The summed E-state index contributed by atoms with van der Waals surface area (Å²) < 4.78 is 11.1. The highest BCUT2D eigenvalue weighted by Gasteiger charge is 2.49. The van der Waals surface area contributed by atoms with Gasteiger partial charge in [-0.2, -0.15) is 0 Å². The Labute approximate surface area is 176 Å². The maximum atomic E-state index is 12.9. The van der Waals surface area contributed by atoms with E-state index < -0.39 is 29.9 Å². The molecule has 2 aromatic carbocycles. The fourth-order valence-electron chi connectivity index (χ4n) is 3.06. The van der Waals surface area contributed by atoms with Crippen LogP contribution in [0.3, 0.4) is 0 Å². The van der Waals surface area contributed by atoms with Crippen molar-refractivity contribution in [3.05, 3.63) is 52.5 Å². The maximum Gasteiger partial charge on any atom is 0.325 e. The second kappa shape index (κ2) is 8.12. The molecule has 0 radical (unpaired) electrons. The average Bonchev–Trinajstić information content (AvgIpc) is 2.91. The van der Waals surface area contributed by atoms with Crippen molar-refractivity contribution in [1.29, 1.82) is 0 Å². The molecule has 1 aliphatic rings. The Bertz CT molecular complexity index is 958. The number of urea groups is 1. The molecule has 2 aromatic rings. The van der Waals surface area contributed by atoms with Gasteiger partial charge in [0.2, 0.25) is 5.91 Å². The lowest BCUT2D eigenvalue weighted by atomic mass is 9.92. The van der Waals surface area contributed by atoms with Crippen molar-refractivity contribution in [1.82, 2.24) is 10.2 Å². The zero-order valence-corrected chi connectivity index (χ0v) is 17.7. The average molecular weight is 462 g/mol. The minimum atomic E-state index is -1.25. The van der Waals surface area contributed by atoms with Crippen LogP contribution in [-0.2, 0) is 15.1 Å². The number of hydrogen-bond acceptors (Lipinski definition) is 5. The molecular formula is C20H20BrN3O5. The van der Waals surface area contributed by atoms with Gasteiger partial charge in [-0.3, -0.25) is 14.5 Å². The summed E-state index contributed by atoms with van der Waals surface area (Å²) in [4.78, 5) is 38.7. The summed E-state index contributed by atoms with van der Waals surface area (Å²) in [6, 6.07) is 11.3. The summed E-state index contributed by atoms with van der Waals surface area (Å²) >= 11 is 3.36. The Balaban J connectivity index is 1.76. The molecule has 2 N–H and O–H groups in total. The zero-order chi connectivity index (χ0) is 21.2. The number of benzene rings is 2. The Hall–Kier alpha value is -3.07. The van der Waals surface area contributed by atoms with E-state index in [0.29, 0.717) is 22.7 Å². The van der Waals surface area contributed by atoms with Crippen molar-refractivity contribution in [2.24, 2.45) is 0 Å². The molecule has 9 heteroatoms. The summed E-state index contributed by atoms with van der Waals surface area (Å²) in [6.07, 6.45) is 0. The SMILES string of the molecule is COc1cc(NC(=O)CN2C(=O)NC(C)(c3cccc(Br)c3)C2=O)cc(OC)c1. The molecule has 3 rings (SSSR count). The summed E-state index contributed by atoms with van der Waals surface area (Å²) in [6.45, 7) is 1.19. The third-order valence-corrected chi connectivity index (χ3v) is 5.11. The van der Waals surface area contributed by atoms with E-state index in [1.54, 1.807) is 43.3 Å². The van der Waals surface area contributed by atoms with Crippen molar-refractivity contribution in [2.75, 3.05) is 26.1 Å². The predicted octanol–water partition coefficient (Wildman–Crippen LogP) is 2.87. The highest BCUT2D eigenvalue weighted by Crippen LogP contribution is 2.30. The molecule has 4 amide bonds. The molecule has 29 heavy (non-hydrogen) atoms. The normalized spacial score (nSPS) is 18.4. The van der Waals surface area contributed by atoms with Crippen LogP contribution in [0, 0.1) is 0 Å². The van der Waals surface area contributed by atoms with Gasteiger partial charge in [0.1, 0.15) is 23.6 Å². The maximum absolute atomic E-state index is 12.9. The third kappa shape index (κ3) is 4.19. The van der Waals surface area contributed by atoms with Gasteiger partial charge in [0, 0.05) is 28.4 Å². The number of carbonyl (C=O) groups excluding carboxylic acids is 3. The van der Waals surface area contributed by atoms with Crippen molar-refractivity contribution in [3.8, 4) is 11.5 Å². The van der Waals surface area contributed by atoms with Gasteiger partial charge < -0.3 is 20.1 Å². The van der Waals surface area contributed by atoms with Crippen molar-refractivity contribution < 1.29 is 23.9 Å². The molecule has 1 atom stereocenters. The Kier molecular flexibility index (Phi) is 5.78. The lowest BCUT2D eigenvalue weighted by Crippen LogP contribution is -2.42. The molecule has 1 unspecified atom stereocenters. The molecule has 0 bridgehead atoms. The van der Waals surface area contributed by atoms with Crippen LogP contribution in [0.15, 0.2) is 46.9 Å². The van der Waals surface area contributed by atoms with Gasteiger partial charge in [-0.05, 0) is 24.6 Å². The lowest BCUT2D eigenvalue weighted by molar-refractivity contribution is -0.133. The van der Waals surface area contributed by atoms with Crippen LogP contribution in [0.5, 0.6) is 11.5 Å². The first-order valence-corrected chi connectivity index (χ1v) is 9.49. The molecule has 1 saturated heterocycles. The molecule has 152 valence electrons. The number of amides is 4. The first-order valence-electron chi connectivity index (χ1n) is 8.70. The number of methoxy groups -OCH3 is 2. The topological polar surface area (TPSA) is 97.0 Å². The van der Waals surface area contributed by atoms with E-state index >= 15 is 0 Å². The van der Waals surface area contributed by atoms with Gasteiger partial charge in [0.15, 0.2) is 0 Å². The zero-order valence-electron chi connectivity index (χ0n) is 16.1. The number of rotatable bonds is 6. The number of anilines is 1. The van der Waals surface area contributed by atoms with Gasteiger partial charge in [0.25, 0.3) is 5.91 Å². The number of nitrogens with zero attached hydrogens (tertiary/aromatic N) is 1. The number of carbonyl (C=O) groups is 3. The summed E-state index contributed by atoms with van der Waals surface area (Å²) in [5, 5.41) is 5.33. The molecule has 0 aromatic heterocycles. The van der Waals surface area contributed by atoms with Crippen molar-refractivity contribution >= 4 is 39.5 Å². The molecule has 0 aliphatic carbocycles. The summed E-state index contributed by atoms with van der Waals surface area (Å²) in [5.41, 5.74) is -0.209. The Morgan fingerprint density at radius 3 is 2.38 bits per heavy atom. The smallest absolute Gasteiger partial charge is 0.325 e. The van der Waals surface area contributed by atoms with Crippen LogP contribution in [0.25, 0.3) is 0 Å². The minimum Gasteiger partial charge on any atom is -0.497 e. The predicted molar refractivity (Wildman–Crippen MR) is 110 cm³/mol. The van der Waals surface area contributed by atoms with Gasteiger partial charge >= 0.3 is 6.03 Å². The fourth-order valence-corrected chi connectivity index (χ4v) is 3.46. The van der Waals surface area contributed by atoms with Gasteiger partial charge in [-0.1, -0.05) is 28.1 Å². The second-order valence-corrected chi connectivity index (χ2v) is 7.52. The standard InChI is InChI=1S/C20H20BrN3O5/c1-20(12-5-4-6-13(21)7-12)18(26)24(19(27)23-20)11-17(25)22-14-8-15(28-2)10-16(9-14)29-3/h4-10H,11H2,1-3H3,(H,22,25)(H,23,27). The monoisotopic (exact) mass is 461 g/mol. The van der Waals surface area contributed by atoms with Crippen LogP contribution in [-0.4, -0.2) is 43.5 Å². The van der Waals surface area contributed by atoms with E-state index in [0.717, 1.165) is 9.37 Å². The van der Waals surface area contributed by atoms with E-state index in [1.807, 2.05) is 6.07 Å². The van der Waals surface area contributed by atoms with E-state index in [4.69, 9.17) is 9.47 Å². The van der Waals surface area contributed by atoms with Crippen LogP contribution >= 0.6 is 15.9 Å². The van der Waals surface area contributed by atoms with Gasteiger partial charge in [0.05, 0.1) is 14.2 Å². The van der Waals surface area contributed by atoms with Crippen molar-refractivity contribution in [2.45, 2.75) is 12.5 Å². The van der Waals surface area contributed by atoms with E-state index in [-0.39, 0.29) is 0 Å². The summed E-state index contributed by atoms with van der Waals surface area (Å²) in [7, 11) is 2.99. The van der Waals surface area contributed by atoms with E-state index in [2.05, 4.69) is 26.6 Å². The Morgan fingerprint density at radius 1 is 1.14 bits per heavy atom. The van der Waals surface area contributed by atoms with Gasteiger partial charge in [-0.25, -0.2) is 4.79 Å². The molecule has 1 fully saturated rings. The molecule has 1 aliphatic heterocycles. The first-order chi connectivity index (χ1) is 13.8. The number of imide groups is 1. The second-order valence-electron chi connectivity index (χ2n) is 6.61. The third-order valence-electron chi connectivity index (χ3n) is 4.61. The molecule has 0 spiro atoms. The molecular weight excluding hydrogens is 442 g/mol. The van der Waals surface area contributed by atoms with E-state index in [9.17, 15) is 14.4 Å². The van der Waals surface area contributed by atoms with Crippen LogP contribution in [0.2, 0.25) is 0 Å². The number of nitrogens with one attached hydrogen (secondary N) is 2. The van der Waals surface area contributed by atoms with Crippen LogP contribution < -0.4 is 20.1 Å². The van der Waals surface area contributed by atoms with Crippen LogP contribution in [0.4, 0.5) is 10.5 Å². The van der Waals surface area contributed by atoms with Crippen LogP contribution in [0.1, 0.15) is 12.5 Å². The van der Waals surface area contributed by atoms with E-state index in [1.165, 1.54) is 14.2 Å². The summed E-state index contributed by atoms with van der Waals surface area (Å²) in [5.74, 6) is -0.0324. The first kappa shape index (κ1) is 20.7. The lowest BCUT2D eigenvalue weighted by Gasteiger charge is -2.22. The highest BCUT2D eigenvalue weighted by molar-refractivity contribution is 9.10. The van der Waals surface area contributed by atoms with Crippen molar-refractivity contribution in [3.63, 3.8) is 0 Å². The minimum absolute atomic E-state index is 0.423. The number of ether oxygens (including phenoxy) is 2. The molecule has 8 nitrogen and oxygen atoms in total. The number of halogens is 1. The quantitative estimate of drug-likeness (QED) is 0.644. The molecule has 0 saturated carbocycles.